The Hall–Kier alpha value is -2.77. The number of hydrogen-bond acceptors (Lipinski definition) is 6. The van der Waals surface area contributed by atoms with E-state index in [-0.39, 0.29) is 17.6 Å². The van der Waals surface area contributed by atoms with Crippen molar-refractivity contribution in [1.82, 2.24) is 4.90 Å². The second-order valence-electron chi connectivity index (χ2n) is 5.80. The van der Waals surface area contributed by atoms with Crippen LogP contribution in [0.1, 0.15) is 24.8 Å². The maximum Gasteiger partial charge on any atom is 0.411 e. The van der Waals surface area contributed by atoms with Gasteiger partial charge in [0, 0.05) is 18.9 Å². The minimum absolute atomic E-state index is 0.0223. The van der Waals surface area contributed by atoms with Crippen LogP contribution in [0.4, 0.5) is 10.5 Å². The van der Waals surface area contributed by atoms with Crippen molar-refractivity contribution in [3.8, 4) is 5.75 Å². The third-order valence-electron chi connectivity index (χ3n) is 4.59. The predicted molar refractivity (Wildman–Crippen MR) is 82.5 cm³/mol. The number of methoxy groups -OCH3 is 2. The van der Waals surface area contributed by atoms with Gasteiger partial charge < -0.3 is 14.6 Å². The number of hydrogen-bond donors (Lipinski definition) is 1. The molecule has 0 aliphatic carbocycles. The molecule has 1 aromatic carbocycles. The number of aromatic hydroxyl groups is 1. The van der Waals surface area contributed by atoms with Gasteiger partial charge >= 0.3 is 12.1 Å². The zero-order chi connectivity index (χ0) is 17.6. The van der Waals surface area contributed by atoms with E-state index in [1.54, 1.807) is 6.07 Å². The number of esters is 1. The summed E-state index contributed by atoms with van der Waals surface area (Å²) in [5.41, 5.74) is 1.34. The number of likely N-dealkylation sites (tertiary alicyclic amines) is 1. The Morgan fingerprint density at radius 1 is 1.21 bits per heavy atom. The van der Waals surface area contributed by atoms with Gasteiger partial charge in [-0.25, -0.2) is 9.59 Å². The Balaban J connectivity index is 2.12. The van der Waals surface area contributed by atoms with Crippen molar-refractivity contribution < 1.29 is 29.0 Å². The standard InChI is InChI=1S/C16H18N2O6/c1-8(19)17-12-6-9(20)4-5-10(12)11-7-13(15(21)23-2)18(14(11)17)16(22)24-3/h4-6,11,13-14,20H,7H2,1-3H3/t11-,13-,14+/m0/s1. The molecule has 8 heteroatoms. The molecule has 3 atom stereocenters. The topological polar surface area (TPSA) is 96.4 Å². The molecule has 24 heavy (non-hydrogen) atoms. The zero-order valence-corrected chi connectivity index (χ0v) is 13.6. The van der Waals surface area contributed by atoms with Crippen molar-refractivity contribution in [1.29, 1.82) is 0 Å². The molecule has 8 nitrogen and oxygen atoms in total. The number of benzene rings is 1. The van der Waals surface area contributed by atoms with Crippen molar-refractivity contribution in [2.75, 3.05) is 19.1 Å². The van der Waals surface area contributed by atoms with E-state index in [2.05, 4.69) is 0 Å². The van der Waals surface area contributed by atoms with Gasteiger partial charge in [0.25, 0.3) is 0 Å². The molecule has 3 rings (SSSR count). The van der Waals surface area contributed by atoms with Crippen LogP contribution in [0.3, 0.4) is 0 Å². The molecular formula is C16H18N2O6. The third kappa shape index (κ3) is 2.17. The second-order valence-corrected chi connectivity index (χ2v) is 5.80. The number of rotatable bonds is 1. The number of anilines is 1. The molecule has 0 saturated carbocycles. The van der Waals surface area contributed by atoms with E-state index >= 15 is 0 Å². The molecule has 2 amide bonds. The maximum atomic E-state index is 12.3. The summed E-state index contributed by atoms with van der Waals surface area (Å²) in [6.07, 6.45) is -1.08. The summed E-state index contributed by atoms with van der Waals surface area (Å²) < 4.78 is 9.61. The molecular weight excluding hydrogens is 316 g/mol. The fourth-order valence-electron chi connectivity index (χ4n) is 3.69. The Morgan fingerprint density at radius 2 is 1.92 bits per heavy atom. The summed E-state index contributed by atoms with van der Waals surface area (Å²) in [4.78, 5) is 39.3. The van der Waals surface area contributed by atoms with Crippen LogP contribution in [0.25, 0.3) is 0 Å². The maximum absolute atomic E-state index is 12.3. The molecule has 0 bridgehead atoms. The van der Waals surface area contributed by atoms with E-state index in [0.717, 1.165) is 5.56 Å². The van der Waals surface area contributed by atoms with Crippen molar-refractivity contribution in [2.45, 2.75) is 31.5 Å². The Labute approximate surface area is 138 Å². The van der Waals surface area contributed by atoms with Gasteiger partial charge in [-0.1, -0.05) is 6.07 Å². The van der Waals surface area contributed by atoms with Crippen LogP contribution in [0, 0.1) is 0 Å². The van der Waals surface area contributed by atoms with Crippen LogP contribution in [-0.2, 0) is 19.1 Å². The fourth-order valence-corrected chi connectivity index (χ4v) is 3.69. The molecule has 1 saturated heterocycles. The second kappa shape index (κ2) is 5.70. The van der Waals surface area contributed by atoms with Gasteiger partial charge in [-0.15, -0.1) is 0 Å². The number of carbonyl (C=O) groups excluding carboxylic acids is 3. The molecule has 128 valence electrons. The van der Waals surface area contributed by atoms with Gasteiger partial charge in [0.15, 0.2) is 0 Å². The summed E-state index contributed by atoms with van der Waals surface area (Å²) in [6.45, 7) is 1.37. The summed E-state index contributed by atoms with van der Waals surface area (Å²) in [5, 5.41) is 9.74. The highest BCUT2D eigenvalue weighted by Crippen LogP contribution is 2.51. The lowest BCUT2D eigenvalue weighted by Gasteiger charge is -2.33. The number of phenolic OH excluding ortho intramolecular Hbond substituents is 1. The third-order valence-corrected chi connectivity index (χ3v) is 4.59. The van der Waals surface area contributed by atoms with Crippen LogP contribution in [-0.4, -0.2) is 54.4 Å². The average molecular weight is 334 g/mol. The van der Waals surface area contributed by atoms with Crippen molar-refractivity contribution in [3.05, 3.63) is 23.8 Å². The normalized spacial score (nSPS) is 24.4. The molecule has 0 spiro atoms. The molecule has 1 aromatic rings. The number of amides is 2. The van der Waals surface area contributed by atoms with Gasteiger partial charge in [0.2, 0.25) is 5.91 Å². The highest BCUT2D eigenvalue weighted by Gasteiger charge is 2.56. The zero-order valence-electron chi connectivity index (χ0n) is 13.6. The number of phenols is 1. The molecule has 1 fully saturated rings. The van der Waals surface area contributed by atoms with Gasteiger partial charge in [0.05, 0.1) is 19.9 Å². The van der Waals surface area contributed by atoms with Crippen LogP contribution in [0.5, 0.6) is 5.75 Å². The average Bonchev–Trinajstić information content (AvgIpc) is 3.06. The van der Waals surface area contributed by atoms with E-state index in [1.807, 2.05) is 0 Å². The van der Waals surface area contributed by atoms with Crippen LogP contribution in [0.2, 0.25) is 0 Å². The van der Waals surface area contributed by atoms with Crippen molar-refractivity contribution in [3.63, 3.8) is 0 Å². The van der Waals surface area contributed by atoms with Crippen LogP contribution < -0.4 is 4.90 Å². The summed E-state index contributed by atoms with van der Waals surface area (Å²) >= 11 is 0. The van der Waals surface area contributed by atoms with E-state index in [4.69, 9.17) is 9.47 Å². The van der Waals surface area contributed by atoms with Gasteiger partial charge in [-0.3, -0.25) is 14.6 Å². The molecule has 0 unspecified atom stereocenters. The minimum atomic E-state index is -0.832. The number of nitrogens with zero attached hydrogens (tertiary/aromatic N) is 2. The lowest BCUT2D eigenvalue weighted by Crippen LogP contribution is -2.53. The van der Waals surface area contributed by atoms with E-state index in [0.29, 0.717) is 12.1 Å². The Kier molecular flexibility index (Phi) is 3.82. The SMILES string of the molecule is COC(=O)[C@@H]1C[C@H]2c3ccc(O)cc3N(C(C)=O)[C@@H]2N1C(=O)OC. The quantitative estimate of drug-likeness (QED) is 0.775. The molecule has 0 radical (unpaired) electrons. The van der Waals surface area contributed by atoms with E-state index in [1.165, 1.54) is 43.1 Å². The number of fused-ring (bicyclic) bond motifs is 3. The summed E-state index contributed by atoms with van der Waals surface area (Å²) in [7, 11) is 2.47. The van der Waals surface area contributed by atoms with Crippen LogP contribution in [0.15, 0.2) is 18.2 Å². The largest absolute Gasteiger partial charge is 0.508 e. The lowest BCUT2D eigenvalue weighted by atomic mass is 9.96. The summed E-state index contributed by atoms with van der Waals surface area (Å²) in [6, 6.07) is 3.88. The molecule has 2 aliphatic rings. The molecule has 2 heterocycles. The molecule has 0 aromatic heterocycles. The monoisotopic (exact) mass is 334 g/mol. The first-order valence-electron chi connectivity index (χ1n) is 7.47. The minimum Gasteiger partial charge on any atom is -0.508 e. The first-order valence-corrected chi connectivity index (χ1v) is 7.47. The first kappa shape index (κ1) is 16.1. The molecule has 2 aliphatic heterocycles. The summed E-state index contributed by atoms with van der Waals surface area (Å²) in [5.74, 6) is -1.09. The van der Waals surface area contributed by atoms with Gasteiger partial charge in [0.1, 0.15) is 18.0 Å². The van der Waals surface area contributed by atoms with E-state index < -0.39 is 24.3 Å². The molecule has 1 N–H and O–H groups in total. The highest BCUT2D eigenvalue weighted by atomic mass is 16.5. The smallest absolute Gasteiger partial charge is 0.411 e. The Bertz CT molecular complexity index is 719. The van der Waals surface area contributed by atoms with Crippen molar-refractivity contribution >= 4 is 23.7 Å². The number of carbonyl (C=O) groups is 3. The predicted octanol–water partition coefficient (Wildman–Crippen LogP) is 1.18. The fraction of sp³-hybridized carbons (Fsp3) is 0.438. The van der Waals surface area contributed by atoms with Crippen molar-refractivity contribution in [2.24, 2.45) is 0 Å². The highest BCUT2D eigenvalue weighted by molar-refractivity contribution is 5.97. The van der Waals surface area contributed by atoms with Crippen LogP contribution >= 0.6 is 0 Å². The Morgan fingerprint density at radius 3 is 2.50 bits per heavy atom. The first-order chi connectivity index (χ1) is 11.4. The van der Waals surface area contributed by atoms with Gasteiger partial charge in [-0.05, 0) is 18.1 Å². The van der Waals surface area contributed by atoms with Gasteiger partial charge in [-0.2, -0.15) is 0 Å². The van der Waals surface area contributed by atoms with E-state index in [9.17, 15) is 19.5 Å². The lowest BCUT2D eigenvalue weighted by molar-refractivity contribution is -0.146. The number of ether oxygens (including phenoxy) is 2.